The van der Waals surface area contributed by atoms with Crippen LogP contribution in [0.2, 0.25) is 0 Å². The van der Waals surface area contributed by atoms with Crippen molar-refractivity contribution in [3.05, 3.63) is 66.5 Å². The minimum absolute atomic E-state index is 0.111. The lowest BCUT2D eigenvalue weighted by atomic mass is 10.2. The van der Waals surface area contributed by atoms with Crippen molar-refractivity contribution in [2.45, 2.75) is 6.92 Å². The van der Waals surface area contributed by atoms with Gasteiger partial charge in [0.2, 0.25) is 5.88 Å². The van der Waals surface area contributed by atoms with Crippen LogP contribution in [0.3, 0.4) is 0 Å². The fourth-order valence-electron chi connectivity index (χ4n) is 2.97. The van der Waals surface area contributed by atoms with Crippen molar-refractivity contribution < 1.29 is 23.4 Å². The van der Waals surface area contributed by atoms with E-state index < -0.39 is 0 Å². The van der Waals surface area contributed by atoms with E-state index in [0.29, 0.717) is 35.3 Å². The summed E-state index contributed by atoms with van der Waals surface area (Å²) in [7, 11) is 0. The minimum Gasteiger partial charge on any atom is -0.494 e. The number of nitrogens with one attached hydrogen (secondary N) is 1. The lowest BCUT2D eigenvalue weighted by molar-refractivity contribution is -0.123. The van der Waals surface area contributed by atoms with Crippen molar-refractivity contribution in [2.24, 2.45) is 0 Å². The number of rotatable bonds is 10. The van der Waals surface area contributed by atoms with Crippen LogP contribution in [-0.2, 0) is 4.79 Å². The minimum atomic E-state index is -0.337. The average Bonchev–Trinajstić information content (AvgIpc) is 3.25. The number of hydrogen-bond acceptors (Lipinski definition) is 7. The van der Waals surface area contributed by atoms with E-state index in [1.807, 2.05) is 6.92 Å². The van der Waals surface area contributed by atoms with E-state index in [4.69, 9.17) is 14.2 Å². The quantitative estimate of drug-likeness (QED) is 0.370. The Hall–Kier alpha value is -4.21. The van der Waals surface area contributed by atoms with Gasteiger partial charge in [-0.05, 0) is 61.5 Å². The SMILES string of the molecule is CCOc1ccc(OCC(=O)NCCOc2ccc3nnc(-c4ccc(F)cc4)n3n2)cc1. The highest BCUT2D eigenvalue weighted by Crippen LogP contribution is 2.19. The number of amides is 1. The summed E-state index contributed by atoms with van der Waals surface area (Å²) >= 11 is 0. The van der Waals surface area contributed by atoms with E-state index in [1.54, 1.807) is 48.5 Å². The van der Waals surface area contributed by atoms with Gasteiger partial charge in [0.05, 0.1) is 13.2 Å². The summed E-state index contributed by atoms with van der Waals surface area (Å²) < 4.78 is 31.2. The predicted molar refractivity (Wildman–Crippen MR) is 118 cm³/mol. The second kappa shape index (κ2) is 10.4. The van der Waals surface area contributed by atoms with Gasteiger partial charge >= 0.3 is 0 Å². The first-order valence-corrected chi connectivity index (χ1v) is 10.4. The Morgan fingerprint density at radius 3 is 2.39 bits per heavy atom. The Labute approximate surface area is 189 Å². The van der Waals surface area contributed by atoms with Crippen LogP contribution in [0.25, 0.3) is 17.0 Å². The average molecular weight is 451 g/mol. The molecule has 0 fully saturated rings. The van der Waals surface area contributed by atoms with Crippen molar-refractivity contribution >= 4 is 11.6 Å². The zero-order valence-electron chi connectivity index (χ0n) is 17.9. The van der Waals surface area contributed by atoms with Gasteiger partial charge in [-0.2, -0.15) is 4.52 Å². The van der Waals surface area contributed by atoms with Gasteiger partial charge in [0, 0.05) is 11.6 Å². The van der Waals surface area contributed by atoms with Crippen LogP contribution in [0.4, 0.5) is 4.39 Å². The summed E-state index contributed by atoms with van der Waals surface area (Å²) in [5.41, 5.74) is 1.20. The van der Waals surface area contributed by atoms with Crippen LogP contribution in [0.15, 0.2) is 60.7 Å². The second-order valence-corrected chi connectivity index (χ2v) is 6.86. The van der Waals surface area contributed by atoms with Gasteiger partial charge in [-0.15, -0.1) is 15.3 Å². The first-order valence-electron chi connectivity index (χ1n) is 10.4. The van der Waals surface area contributed by atoms with Gasteiger partial charge in [-0.3, -0.25) is 4.79 Å². The Bertz CT molecular complexity index is 1210. The molecule has 0 radical (unpaired) electrons. The standard InChI is InChI=1S/C23H22FN5O4/c1-2-31-18-7-9-19(10-8-18)33-15-21(30)25-13-14-32-22-12-11-20-26-27-23(29(20)28-22)16-3-5-17(24)6-4-16/h3-12H,2,13-15H2,1H3,(H,25,30). The molecule has 0 saturated heterocycles. The smallest absolute Gasteiger partial charge is 0.258 e. The zero-order valence-corrected chi connectivity index (χ0v) is 17.9. The van der Waals surface area contributed by atoms with Gasteiger partial charge in [-0.25, -0.2) is 4.39 Å². The molecule has 10 heteroatoms. The molecule has 0 atom stereocenters. The highest BCUT2D eigenvalue weighted by Gasteiger charge is 2.11. The molecule has 0 spiro atoms. The molecular weight excluding hydrogens is 429 g/mol. The van der Waals surface area contributed by atoms with E-state index >= 15 is 0 Å². The second-order valence-electron chi connectivity index (χ2n) is 6.86. The number of aromatic nitrogens is 4. The van der Waals surface area contributed by atoms with Crippen LogP contribution >= 0.6 is 0 Å². The molecule has 1 amide bonds. The maximum atomic E-state index is 13.2. The summed E-state index contributed by atoms with van der Waals surface area (Å²) in [5.74, 6) is 1.52. The molecule has 9 nitrogen and oxygen atoms in total. The third-order valence-corrected chi connectivity index (χ3v) is 4.52. The zero-order chi connectivity index (χ0) is 23.0. The Morgan fingerprint density at radius 1 is 0.939 bits per heavy atom. The third-order valence-electron chi connectivity index (χ3n) is 4.52. The van der Waals surface area contributed by atoms with Crippen LogP contribution < -0.4 is 19.5 Å². The number of hydrogen-bond donors (Lipinski definition) is 1. The number of carbonyl (C=O) groups is 1. The van der Waals surface area contributed by atoms with E-state index in [9.17, 15) is 9.18 Å². The Balaban J connectivity index is 1.25. The fraction of sp³-hybridized carbons (Fsp3) is 0.217. The normalized spacial score (nSPS) is 10.7. The highest BCUT2D eigenvalue weighted by atomic mass is 19.1. The lowest BCUT2D eigenvalue weighted by Gasteiger charge is -2.09. The molecule has 4 aromatic rings. The number of benzene rings is 2. The molecule has 0 saturated carbocycles. The van der Waals surface area contributed by atoms with Gasteiger partial charge in [0.25, 0.3) is 5.91 Å². The molecule has 1 N–H and O–H groups in total. The molecule has 0 bridgehead atoms. The number of nitrogens with zero attached hydrogens (tertiary/aromatic N) is 4. The maximum absolute atomic E-state index is 13.2. The third kappa shape index (κ3) is 5.73. The van der Waals surface area contributed by atoms with Crippen molar-refractivity contribution in [3.63, 3.8) is 0 Å². The van der Waals surface area contributed by atoms with Crippen LogP contribution in [0.5, 0.6) is 17.4 Å². The Kier molecular flexibility index (Phi) is 6.93. The van der Waals surface area contributed by atoms with Crippen molar-refractivity contribution in [1.29, 1.82) is 0 Å². The van der Waals surface area contributed by atoms with Crippen molar-refractivity contribution in [3.8, 4) is 28.8 Å². The molecular formula is C23H22FN5O4. The Morgan fingerprint density at radius 2 is 1.67 bits per heavy atom. The topological polar surface area (TPSA) is 99.9 Å². The lowest BCUT2D eigenvalue weighted by Crippen LogP contribution is -2.32. The fourth-order valence-corrected chi connectivity index (χ4v) is 2.97. The summed E-state index contributed by atoms with van der Waals surface area (Å²) in [4.78, 5) is 12.0. The van der Waals surface area contributed by atoms with Crippen molar-refractivity contribution in [2.75, 3.05) is 26.4 Å². The molecule has 33 heavy (non-hydrogen) atoms. The molecule has 0 aliphatic carbocycles. The summed E-state index contributed by atoms with van der Waals surface area (Å²) in [6.45, 7) is 2.87. The number of ether oxygens (including phenoxy) is 3. The van der Waals surface area contributed by atoms with E-state index in [2.05, 4.69) is 20.6 Å². The van der Waals surface area contributed by atoms with Crippen LogP contribution in [-0.4, -0.2) is 52.1 Å². The molecule has 2 aromatic heterocycles. The molecule has 4 rings (SSSR count). The summed E-state index contributed by atoms with van der Waals surface area (Å²) in [6, 6.07) is 16.3. The van der Waals surface area contributed by atoms with Crippen molar-refractivity contribution in [1.82, 2.24) is 25.1 Å². The van der Waals surface area contributed by atoms with E-state index in [1.165, 1.54) is 16.6 Å². The number of halogens is 1. The molecule has 2 aromatic carbocycles. The number of fused-ring (bicyclic) bond motifs is 1. The van der Waals surface area contributed by atoms with Crippen LogP contribution in [0, 0.1) is 5.82 Å². The molecule has 170 valence electrons. The molecule has 2 heterocycles. The predicted octanol–water partition coefficient (Wildman–Crippen LogP) is 2.90. The van der Waals surface area contributed by atoms with Gasteiger partial charge in [0.15, 0.2) is 18.1 Å². The molecule has 0 aliphatic rings. The van der Waals surface area contributed by atoms with E-state index in [-0.39, 0.29) is 31.5 Å². The molecule has 0 unspecified atom stereocenters. The maximum Gasteiger partial charge on any atom is 0.258 e. The number of carbonyl (C=O) groups excluding carboxylic acids is 1. The van der Waals surface area contributed by atoms with Gasteiger partial charge < -0.3 is 19.5 Å². The monoisotopic (exact) mass is 451 g/mol. The first kappa shape index (κ1) is 22.0. The van der Waals surface area contributed by atoms with Crippen LogP contribution in [0.1, 0.15) is 6.92 Å². The summed E-state index contributed by atoms with van der Waals surface area (Å²) in [6.07, 6.45) is 0. The highest BCUT2D eigenvalue weighted by molar-refractivity contribution is 5.77. The van der Waals surface area contributed by atoms with Gasteiger partial charge in [0.1, 0.15) is 23.9 Å². The largest absolute Gasteiger partial charge is 0.494 e. The van der Waals surface area contributed by atoms with E-state index in [0.717, 1.165) is 5.75 Å². The first-order chi connectivity index (χ1) is 16.1. The van der Waals surface area contributed by atoms with Gasteiger partial charge in [-0.1, -0.05) is 0 Å². The molecule has 0 aliphatic heterocycles. The summed E-state index contributed by atoms with van der Waals surface area (Å²) in [5, 5.41) is 15.3.